The average molecular weight is 195 g/mol. The van der Waals surface area contributed by atoms with Gasteiger partial charge in [0.05, 0.1) is 6.54 Å². The molecule has 0 saturated heterocycles. The van der Waals surface area contributed by atoms with Gasteiger partial charge in [0.1, 0.15) is 0 Å². The number of phenolic OH excluding ortho intramolecular Hbond substituents is 2. The second kappa shape index (κ2) is 4.50. The predicted molar refractivity (Wildman–Crippen MR) is 54.2 cm³/mol. The highest BCUT2D eigenvalue weighted by Gasteiger charge is 2.00. The first-order valence-electron chi connectivity index (χ1n) is 4.43. The Morgan fingerprint density at radius 1 is 1.36 bits per heavy atom. The third kappa shape index (κ3) is 2.97. The van der Waals surface area contributed by atoms with Crippen molar-refractivity contribution < 1.29 is 15.2 Å². The van der Waals surface area contributed by atoms with Crippen LogP contribution >= 0.6 is 0 Å². The molecule has 0 radical (unpaired) electrons. The number of nitrogens with two attached hydrogens (primary N) is 1. The lowest BCUT2D eigenvalue weighted by Crippen LogP contribution is -2.75. The Kier molecular flexibility index (Phi) is 3.34. The highest BCUT2D eigenvalue weighted by atomic mass is 16.3. The monoisotopic (exact) mass is 195 g/mol. The van der Waals surface area contributed by atoms with Gasteiger partial charge in [-0.3, -0.25) is 10.7 Å². The van der Waals surface area contributed by atoms with E-state index in [0.29, 0.717) is 12.4 Å². The molecule has 76 valence electrons. The van der Waals surface area contributed by atoms with E-state index < -0.39 is 0 Å². The lowest BCUT2D eigenvalue weighted by atomic mass is 10.1. The van der Waals surface area contributed by atoms with E-state index in [1.807, 2.05) is 0 Å². The lowest BCUT2D eigenvalue weighted by Gasteiger charge is -2.00. The van der Waals surface area contributed by atoms with E-state index in [4.69, 9.17) is 10.8 Å². The number of rotatable bonds is 3. The molecule has 0 aliphatic heterocycles. The predicted octanol–water partition coefficient (Wildman–Crippen LogP) is -0.902. The van der Waals surface area contributed by atoms with Gasteiger partial charge < -0.3 is 10.2 Å². The number of benzene rings is 1. The molecule has 0 aromatic heterocycles. The maximum Gasteiger partial charge on any atom is 0.237 e. The van der Waals surface area contributed by atoms with E-state index in [2.05, 4.69) is 4.99 Å². The van der Waals surface area contributed by atoms with Crippen molar-refractivity contribution in [1.29, 1.82) is 0 Å². The zero-order valence-corrected chi connectivity index (χ0v) is 8.12. The van der Waals surface area contributed by atoms with Gasteiger partial charge in [-0.25, -0.2) is 0 Å². The highest BCUT2D eigenvalue weighted by molar-refractivity contribution is 5.70. The molecule has 0 atom stereocenters. The molecule has 1 aromatic rings. The van der Waals surface area contributed by atoms with Crippen LogP contribution in [0.2, 0.25) is 0 Å². The molecule has 1 rings (SSSR count). The summed E-state index contributed by atoms with van der Waals surface area (Å²) < 4.78 is 0. The van der Waals surface area contributed by atoms with Crippen LogP contribution < -0.4 is 10.7 Å². The molecule has 0 bridgehead atoms. The van der Waals surface area contributed by atoms with Gasteiger partial charge in [0.2, 0.25) is 5.84 Å². The van der Waals surface area contributed by atoms with Crippen molar-refractivity contribution in [3.63, 3.8) is 0 Å². The summed E-state index contributed by atoms with van der Waals surface area (Å²) in [5.41, 5.74) is 6.38. The Labute approximate surface area is 82.7 Å². The normalized spacial score (nSPS) is 11.6. The van der Waals surface area contributed by atoms with Crippen molar-refractivity contribution in [3.05, 3.63) is 23.8 Å². The molecular formula is C10H15N2O2+. The standard InChI is InChI=1S/C10H14N2O2/c1-7(11)12-5-4-8-2-3-9(13)10(14)6-8/h2-3,6,13-14H,4-5H2,1H3,(H2,11,12)/p+1. The molecule has 4 nitrogen and oxygen atoms in total. The van der Waals surface area contributed by atoms with Crippen molar-refractivity contribution in [2.75, 3.05) is 6.54 Å². The highest BCUT2D eigenvalue weighted by Crippen LogP contribution is 2.24. The van der Waals surface area contributed by atoms with Crippen LogP contribution in [0.3, 0.4) is 0 Å². The van der Waals surface area contributed by atoms with E-state index in [9.17, 15) is 5.11 Å². The average Bonchev–Trinajstić information content (AvgIpc) is 2.10. The van der Waals surface area contributed by atoms with Crippen LogP contribution in [0.5, 0.6) is 11.5 Å². The van der Waals surface area contributed by atoms with Gasteiger partial charge in [0.15, 0.2) is 11.5 Å². The molecular weight excluding hydrogens is 180 g/mol. The Morgan fingerprint density at radius 3 is 2.64 bits per heavy atom. The lowest BCUT2D eigenvalue weighted by molar-refractivity contribution is -0.457. The van der Waals surface area contributed by atoms with Crippen LogP contribution in [0, 0.1) is 0 Å². The number of hydrogen-bond donors (Lipinski definition) is 4. The summed E-state index contributed by atoms with van der Waals surface area (Å²) in [6.07, 6.45) is 0.752. The number of phenols is 2. The molecule has 0 amide bonds. The van der Waals surface area contributed by atoms with Gasteiger partial charge in [-0.1, -0.05) is 6.07 Å². The Morgan fingerprint density at radius 2 is 2.07 bits per heavy atom. The summed E-state index contributed by atoms with van der Waals surface area (Å²) in [5, 5.41) is 18.3. The molecule has 5 N–H and O–H groups in total. The first-order chi connectivity index (χ1) is 6.59. The van der Waals surface area contributed by atoms with Crippen LogP contribution in [-0.4, -0.2) is 22.6 Å². The molecule has 0 aliphatic carbocycles. The first-order valence-corrected chi connectivity index (χ1v) is 4.43. The van der Waals surface area contributed by atoms with Gasteiger partial charge in [-0.05, 0) is 17.7 Å². The quantitative estimate of drug-likeness (QED) is 0.286. The molecule has 0 fully saturated rings. The fourth-order valence-corrected chi connectivity index (χ4v) is 1.13. The Balaban J connectivity index is 2.60. The van der Waals surface area contributed by atoms with Crippen LogP contribution in [0.25, 0.3) is 0 Å². The smallest absolute Gasteiger partial charge is 0.237 e. The fourth-order valence-electron chi connectivity index (χ4n) is 1.13. The number of nitrogens with one attached hydrogen (secondary N) is 1. The zero-order valence-electron chi connectivity index (χ0n) is 8.12. The van der Waals surface area contributed by atoms with Crippen LogP contribution in [-0.2, 0) is 6.42 Å². The number of aromatic hydroxyl groups is 2. The second-order valence-electron chi connectivity index (χ2n) is 3.18. The number of hydrogen-bond acceptors (Lipinski definition) is 2. The molecule has 1 aromatic carbocycles. The van der Waals surface area contributed by atoms with E-state index in [1.54, 1.807) is 19.1 Å². The van der Waals surface area contributed by atoms with Gasteiger partial charge in [-0.15, -0.1) is 0 Å². The van der Waals surface area contributed by atoms with Crippen molar-refractivity contribution in [3.8, 4) is 11.5 Å². The summed E-state index contributed by atoms with van der Waals surface area (Å²) in [7, 11) is 0. The topological polar surface area (TPSA) is 80.5 Å². The SMILES string of the molecule is CC(N)=[NH+]CCc1ccc(O)c(O)c1. The summed E-state index contributed by atoms with van der Waals surface area (Å²) in [5.74, 6) is 0.493. The molecule has 0 spiro atoms. The third-order valence-electron chi connectivity index (χ3n) is 1.86. The first kappa shape index (κ1) is 10.4. The maximum absolute atomic E-state index is 9.21. The minimum absolute atomic E-state index is 0.0871. The maximum atomic E-state index is 9.21. The summed E-state index contributed by atoms with van der Waals surface area (Å²) in [6, 6.07) is 4.79. The van der Waals surface area contributed by atoms with Crippen molar-refractivity contribution in [2.24, 2.45) is 5.73 Å². The Bertz CT molecular complexity index is 344. The molecule has 4 heteroatoms. The molecule has 0 aliphatic rings. The minimum Gasteiger partial charge on any atom is -0.504 e. The largest absolute Gasteiger partial charge is 0.504 e. The van der Waals surface area contributed by atoms with Crippen molar-refractivity contribution >= 4 is 5.84 Å². The van der Waals surface area contributed by atoms with Crippen molar-refractivity contribution in [2.45, 2.75) is 13.3 Å². The number of amidine groups is 1. The third-order valence-corrected chi connectivity index (χ3v) is 1.86. The van der Waals surface area contributed by atoms with Crippen LogP contribution in [0.15, 0.2) is 18.2 Å². The zero-order chi connectivity index (χ0) is 10.6. The van der Waals surface area contributed by atoms with E-state index in [0.717, 1.165) is 12.0 Å². The molecule has 0 saturated carbocycles. The van der Waals surface area contributed by atoms with Gasteiger partial charge in [-0.2, -0.15) is 0 Å². The van der Waals surface area contributed by atoms with Crippen molar-refractivity contribution in [1.82, 2.24) is 0 Å². The van der Waals surface area contributed by atoms with Gasteiger partial charge >= 0.3 is 0 Å². The Hall–Kier alpha value is -1.71. The summed E-state index contributed by atoms with van der Waals surface area (Å²) in [6.45, 7) is 2.50. The molecule has 0 heterocycles. The fraction of sp³-hybridized carbons (Fsp3) is 0.300. The van der Waals surface area contributed by atoms with Gasteiger partial charge in [0, 0.05) is 13.3 Å². The molecule has 14 heavy (non-hydrogen) atoms. The van der Waals surface area contributed by atoms with Crippen LogP contribution in [0.4, 0.5) is 0 Å². The van der Waals surface area contributed by atoms with E-state index in [1.165, 1.54) is 6.07 Å². The van der Waals surface area contributed by atoms with E-state index in [-0.39, 0.29) is 11.5 Å². The van der Waals surface area contributed by atoms with Gasteiger partial charge in [0.25, 0.3) is 0 Å². The summed E-state index contributed by atoms with van der Waals surface area (Å²) in [4.78, 5) is 2.98. The summed E-state index contributed by atoms with van der Waals surface area (Å²) >= 11 is 0. The van der Waals surface area contributed by atoms with E-state index >= 15 is 0 Å². The van der Waals surface area contributed by atoms with Crippen LogP contribution in [0.1, 0.15) is 12.5 Å². The minimum atomic E-state index is -0.0942. The second-order valence-corrected chi connectivity index (χ2v) is 3.18. The molecule has 0 unspecified atom stereocenters.